The maximum absolute atomic E-state index is 13.7. The Morgan fingerprint density at radius 2 is 1.50 bits per heavy atom. The number of rotatable bonds is 2. The highest BCUT2D eigenvalue weighted by atomic mass is 19.4. The maximum atomic E-state index is 13.7. The van der Waals surface area contributed by atoms with E-state index < -0.39 is 29.5 Å². The summed E-state index contributed by atoms with van der Waals surface area (Å²) in [5, 5.41) is 1.98. The number of anilines is 1. The number of alkyl halides is 7. The lowest BCUT2D eigenvalue weighted by atomic mass is 9.94. The van der Waals surface area contributed by atoms with E-state index in [1.54, 1.807) is 0 Å². The zero-order valence-electron chi connectivity index (χ0n) is 9.86. The summed E-state index contributed by atoms with van der Waals surface area (Å²) >= 11 is 0. The van der Waals surface area contributed by atoms with Gasteiger partial charge in [-0.2, -0.15) is 26.3 Å². The van der Waals surface area contributed by atoms with Gasteiger partial charge in [-0.15, -0.1) is 0 Å². The topological polar surface area (TPSA) is 29.1 Å². The van der Waals surface area contributed by atoms with E-state index in [4.69, 9.17) is 0 Å². The second-order valence-corrected chi connectivity index (χ2v) is 3.92. The molecule has 1 N–H and O–H groups in total. The van der Waals surface area contributed by atoms with Crippen molar-refractivity contribution in [3.63, 3.8) is 0 Å². The molecular formula is C11H8F7NO. The zero-order valence-corrected chi connectivity index (χ0v) is 9.86. The molecule has 1 aromatic carbocycles. The lowest BCUT2D eigenvalue weighted by molar-refractivity contribution is -0.348. The van der Waals surface area contributed by atoms with Crippen molar-refractivity contribution < 1.29 is 35.5 Å². The average molecular weight is 303 g/mol. The van der Waals surface area contributed by atoms with Crippen LogP contribution < -0.4 is 5.32 Å². The monoisotopic (exact) mass is 303 g/mol. The van der Waals surface area contributed by atoms with E-state index in [-0.39, 0.29) is 5.69 Å². The molecule has 0 aliphatic rings. The summed E-state index contributed by atoms with van der Waals surface area (Å²) in [6.45, 7) is 1.00. The highest BCUT2D eigenvalue weighted by Crippen LogP contribution is 2.53. The Kier molecular flexibility index (Phi) is 4.02. The Morgan fingerprint density at radius 1 is 1.00 bits per heavy atom. The van der Waals surface area contributed by atoms with E-state index in [0.29, 0.717) is 12.1 Å². The number of hydrogen-bond donors (Lipinski definition) is 1. The Morgan fingerprint density at radius 3 is 1.90 bits per heavy atom. The summed E-state index contributed by atoms with van der Waals surface area (Å²) in [6, 6.07) is 2.47. The van der Waals surface area contributed by atoms with Crippen LogP contribution in [0.5, 0.6) is 0 Å². The van der Waals surface area contributed by atoms with Gasteiger partial charge in [-0.05, 0) is 12.1 Å². The molecule has 0 spiro atoms. The highest BCUT2D eigenvalue weighted by molar-refractivity contribution is 5.88. The molecule has 0 aromatic heterocycles. The predicted molar refractivity (Wildman–Crippen MR) is 55.6 cm³/mol. The van der Waals surface area contributed by atoms with Crippen molar-refractivity contribution in [2.24, 2.45) is 0 Å². The predicted octanol–water partition coefficient (Wildman–Crippen LogP) is 3.93. The minimum Gasteiger partial charge on any atom is -0.326 e. The van der Waals surface area contributed by atoms with E-state index in [1.807, 2.05) is 5.32 Å². The van der Waals surface area contributed by atoms with Gasteiger partial charge in [-0.1, -0.05) is 12.1 Å². The molecule has 0 aliphatic heterocycles. The summed E-state index contributed by atoms with van der Waals surface area (Å²) in [4.78, 5) is 10.7. The Bertz CT molecular complexity index is 492. The van der Waals surface area contributed by atoms with E-state index in [9.17, 15) is 35.5 Å². The normalized spacial score (nSPS) is 13.2. The molecule has 1 amide bonds. The molecule has 112 valence electrons. The van der Waals surface area contributed by atoms with E-state index in [1.165, 1.54) is 0 Å². The molecule has 0 bridgehead atoms. The van der Waals surface area contributed by atoms with Crippen LogP contribution in [0.1, 0.15) is 12.5 Å². The van der Waals surface area contributed by atoms with Gasteiger partial charge < -0.3 is 5.32 Å². The third kappa shape index (κ3) is 2.86. The van der Waals surface area contributed by atoms with Crippen molar-refractivity contribution in [1.29, 1.82) is 0 Å². The fourth-order valence-electron chi connectivity index (χ4n) is 1.50. The van der Waals surface area contributed by atoms with E-state index >= 15 is 0 Å². The molecule has 1 rings (SSSR count). The van der Waals surface area contributed by atoms with Gasteiger partial charge in [-0.25, -0.2) is 4.39 Å². The van der Waals surface area contributed by atoms with Gasteiger partial charge in [0.1, 0.15) is 0 Å². The molecule has 0 aliphatic carbocycles. The third-order valence-corrected chi connectivity index (χ3v) is 2.36. The van der Waals surface area contributed by atoms with Crippen molar-refractivity contribution in [3.8, 4) is 0 Å². The quantitative estimate of drug-likeness (QED) is 0.824. The fourth-order valence-corrected chi connectivity index (χ4v) is 1.50. The maximum Gasteiger partial charge on any atom is 0.435 e. The Balaban J connectivity index is 3.41. The minimum atomic E-state index is -6.18. The number of hydrogen-bond acceptors (Lipinski definition) is 1. The van der Waals surface area contributed by atoms with Crippen molar-refractivity contribution >= 4 is 11.6 Å². The minimum absolute atomic E-state index is 0.294. The van der Waals surface area contributed by atoms with Crippen LogP contribution in [0.15, 0.2) is 24.3 Å². The average Bonchev–Trinajstić information content (AvgIpc) is 2.24. The number of benzene rings is 1. The van der Waals surface area contributed by atoms with Crippen molar-refractivity contribution in [2.45, 2.75) is 24.9 Å². The van der Waals surface area contributed by atoms with Crippen LogP contribution in [0.25, 0.3) is 0 Å². The van der Waals surface area contributed by atoms with Gasteiger partial charge in [0.15, 0.2) is 0 Å². The van der Waals surface area contributed by atoms with Gasteiger partial charge in [0.05, 0.1) is 0 Å². The van der Waals surface area contributed by atoms with Gasteiger partial charge in [-0.3, -0.25) is 4.79 Å². The largest absolute Gasteiger partial charge is 0.435 e. The molecule has 0 saturated carbocycles. The van der Waals surface area contributed by atoms with Crippen LogP contribution in [0.4, 0.5) is 36.4 Å². The second kappa shape index (κ2) is 4.95. The molecular weight excluding hydrogens is 295 g/mol. The number of nitrogens with one attached hydrogen (secondary N) is 1. The first-order chi connectivity index (χ1) is 8.89. The molecule has 0 radical (unpaired) electrons. The fraction of sp³-hybridized carbons (Fsp3) is 0.364. The van der Waals surface area contributed by atoms with Crippen LogP contribution in [0, 0.1) is 0 Å². The molecule has 0 heterocycles. The molecule has 0 unspecified atom stereocenters. The van der Waals surface area contributed by atoms with Gasteiger partial charge >= 0.3 is 18.0 Å². The van der Waals surface area contributed by atoms with E-state index in [2.05, 4.69) is 0 Å². The van der Waals surface area contributed by atoms with Crippen LogP contribution in [-0.4, -0.2) is 18.3 Å². The van der Waals surface area contributed by atoms with Crippen molar-refractivity contribution in [3.05, 3.63) is 29.8 Å². The van der Waals surface area contributed by atoms with Crippen LogP contribution in [0.2, 0.25) is 0 Å². The van der Waals surface area contributed by atoms with Crippen LogP contribution in [-0.2, 0) is 10.5 Å². The number of amides is 1. The molecule has 0 atom stereocenters. The summed E-state index contributed by atoms with van der Waals surface area (Å²) < 4.78 is 88.7. The zero-order chi connectivity index (χ0) is 15.8. The lowest BCUT2D eigenvalue weighted by Gasteiger charge is -2.30. The van der Waals surface area contributed by atoms with Crippen LogP contribution in [0.3, 0.4) is 0 Å². The summed E-state index contributed by atoms with van der Waals surface area (Å²) in [6.07, 6.45) is -12.4. The molecule has 2 nitrogen and oxygen atoms in total. The summed E-state index contributed by atoms with van der Waals surface area (Å²) in [5.41, 5.74) is -7.52. The van der Waals surface area contributed by atoms with Gasteiger partial charge in [0, 0.05) is 18.2 Å². The molecule has 0 saturated heterocycles. The lowest BCUT2D eigenvalue weighted by Crippen LogP contribution is -2.50. The molecule has 1 aromatic rings. The first-order valence-electron chi connectivity index (χ1n) is 5.10. The highest BCUT2D eigenvalue weighted by Gasteiger charge is 2.73. The van der Waals surface area contributed by atoms with E-state index in [0.717, 1.165) is 19.1 Å². The Labute approximate surface area is 108 Å². The van der Waals surface area contributed by atoms with Gasteiger partial charge in [0.2, 0.25) is 5.91 Å². The summed E-state index contributed by atoms with van der Waals surface area (Å²) in [5.74, 6) is -0.717. The number of carbonyl (C=O) groups excluding carboxylic acids is 1. The third-order valence-electron chi connectivity index (χ3n) is 2.36. The number of halogens is 7. The van der Waals surface area contributed by atoms with Crippen molar-refractivity contribution in [2.75, 3.05) is 5.32 Å². The first-order valence-corrected chi connectivity index (χ1v) is 5.10. The van der Waals surface area contributed by atoms with Gasteiger partial charge in [0.25, 0.3) is 0 Å². The summed E-state index contributed by atoms with van der Waals surface area (Å²) in [7, 11) is 0. The first kappa shape index (κ1) is 16.3. The smallest absolute Gasteiger partial charge is 0.326 e. The van der Waals surface area contributed by atoms with Crippen LogP contribution >= 0.6 is 0 Å². The molecule has 20 heavy (non-hydrogen) atoms. The second-order valence-electron chi connectivity index (χ2n) is 3.92. The van der Waals surface area contributed by atoms with Crippen molar-refractivity contribution in [1.82, 2.24) is 0 Å². The SMILES string of the molecule is CC(=O)Nc1cccc(C(F)(C(F)(F)F)C(F)(F)F)c1. The molecule has 0 fully saturated rings. The number of carbonyl (C=O) groups is 1. The Hall–Kier alpha value is -1.80. The molecule has 9 heteroatoms. The standard InChI is InChI=1S/C11H8F7NO/c1-6(20)19-8-4-2-3-7(5-8)9(12,10(13,14)15)11(16,17)18/h2-5H,1H3,(H,19,20).